The molecule has 0 aliphatic carbocycles. The Bertz CT molecular complexity index is 848. The van der Waals surface area contributed by atoms with Gasteiger partial charge in [0.2, 0.25) is 0 Å². The van der Waals surface area contributed by atoms with Crippen LogP contribution in [-0.2, 0) is 11.3 Å². The smallest absolute Gasteiger partial charge is 0.265 e. The number of aryl methyl sites for hydroxylation is 1. The second-order valence-electron chi connectivity index (χ2n) is 5.64. The average molecular weight is 372 g/mol. The number of hydrogen-bond donors (Lipinski definition) is 0. The van der Waals surface area contributed by atoms with Crippen molar-refractivity contribution in [2.45, 2.75) is 13.5 Å². The van der Waals surface area contributed by atoms with E-state index in [0.717, 1.165) is 16.1 Å². The van der Waals surface area contributed by atoms with Gasteiger partial charge in [0.05, 0.1) is 6.54 Å². The van der Waals surface area contributed by atoms with E-state index in [1.165, 1.54) is 0 Å². The molecule has 0 spiro atoms. The molecule has 0 atom stereocenters. The lowest BCUT2D eigenvalue weighted by Gasteiger charge is -2.22. The Labute approximate surface area is 156 Å². The van der Waals surface area contributed by atoms with E-state index in [2.05, 4.69) is 0 Å². The van der Waals surface area contributed by atoms with E-state index < -0.39 is 0 Å². The van der Waals surface area contributed by atoms with E-state index in [0.29, 0.717) is 17.3 Å². The summed E-state index contributed by atoms with van der Waals surface area (Å²) in [5.41, 5.74) is 1.86. The van der Waals surface area contributed by atoms with Gasteiger partial charge in [-0.3, -0.25) is 4.79 Å². The molecule has 3 nitrogen and oxygen atoms in total. The largest absolute Gasteiger partial charge is 0.484 e. The predicted octanol–water partition coefficient (Wildman–Crippen LogP) is 5.32. The maximum absolute atomic E-state index is 12.8. The maximum Gasteiger partial charge on any atom is 0.265 e. The minimum Gasteiger partial charge on any atom is -0.484 e. The lowest BCUT2D eigenvalue weighted by atomic mass is 10.2. The normalized spacial score (nSPS) is 10.5. The van der Waals surface area contributed by atoms with Gasteiger partial charge in [-0.2, -0.15) is 0 Å². The van der Waals surface area contributed by atoms with Gasteiger partial charge < -0.3 is 9.64 Å². The molecule has 0 radical (unpaired) electrons. The molecule has 3 aromatic rings. The Morgan fingerprint density at radius 3 is 2.68 bits per heavy atom. The summed E-state index contributed by atoms with van der Waals surface area (Å²) < 4.78 is 5.68. The van der Waals surface area contributed by atoms with Gasteiger partial charge in [-0.05, 0) is 54.3 Å². The van der Waals surface area contributed by atoms with Crippen molar-refractivity contribution in [1.29, 1.82) is 0 Å². The topological polar surface area (TPSA) is 29.5 Å². The van der Waals surface area contributed by atoms with Crippen molar-refractivity contribution in [2.75, 3.05) is 11.5 Å². The number of rotatable bonds is 6. The van der Waals surface area contributed by atoms with Crippen molar-refractivity contribution in [2.24, 2.45) is 0 Å². The van der Waals surface area contributed by atoms with Crippen LogP contribution >= 0.6 is 22.9 Å². The van der Waals surface area contributed by atoms with E-state index >= 15 is 0 Å². The van der Waals surface area contributed by atoms with Gasteiger partial charge in [0, 0.05) is 15.6 Å². The molecule has 25 heavy (non-hydrogen) atoms. The summed E-state index contributed by atoms with van der Waals surface area (Å²) in [7, 11) is 0. The first kappa shape index (κ1) is 17.5. The van der Waals surface area contributed by atoms with E-state index in [9.17, 15) is 4.79 Å². The molecule has 2 aromatic carbocycles. The molecule has 1 heterocycles. The lowest BCUT2D eigenvalue weighted by molar-refractivity contribution is -0.120. The van der Waals surface area contributed by atoms with Crippen LogP contribution in [0, 0.1) is 6.92 Å². The molecular formula is C20H18ClNO2S. The third-order valence-corrected chi connectivity index (χ3v) is 4.76. The van der Waals surface area contributed by atoms with Crippen LogP contribution in [0.2, 0.25) is 5.02 Å². The van der Waals surface area contributed by atoms with Gasteiger partial charge in [0.15, 0.2) is 6.61 Å². The fourth-order valence-electron chi connectivity index (χ4n) is 2.45. The zero-order valence-corrected chi connectivity index (χ0v) is 15.4. The maximum atomic E-state index is 12.8. The second kappa shape index (κ2) is 8.19. The highest BCUT2D eigenvalue weighted by molar-refractivity contribution is 7.09. The van der Waals surface area contributed by atoms with Gasteiger partial charge in [0.25, 0.3) is 5.91 Å². The molecule has 3 rings (SSSR count). The number of nitrogens with zero attached hydrogens (tertiary/aromatic N) is 1. The zero-order valence-electron chi connectivity index (χ0n) is 13.8. The average Bonchev–Trinajstić information content (AvgIpc) is 3.11. The van der Waals surface area contributed by atoms with Crippen molar-refractivity contribution in [3.8, 4) is 5.75 Å². The number of amides is 1. The standard InChI is InChI=1S/C20H18ClNO2S/c1-15-5-2-8-18(11-15)24-14-20(23)22(13-19-9-4-10-25-19)17-7-3-6-16(21)12-17/h2-12H,13-14H2,1H3. The van der Waals surface area contributed by atoms with E-state index in [1.54, 1.807) is 28.4 Å². The summed E-state index contributed by atoms with van der Waals surface area (Å²) >= 11 is 7.72. The molecule has 0 bridgehead atoms. The number of benzene rings is 2. The quantitative estimate of drug-likeness (QED) is 0.586. The van der Waals surface area contributed by atoms with Crippen molar-refractivity contribution in [3.63, 3.8) is 0 Å². The number of halogens is 1. The monoisotopic (exact) mass is 371 g/mol. The van der Waals surface area contributed by atoms with Crippen molar-refractivity contribution < 1.29 is 9.53 Å². The first-order valence-electron chi connectivity index (χ1n) is 7.89. The molecule has 0 aliphatic heterocycles. The van der Waals surface area contributed by atoms with E-state index in [4.69, 9.17) is 16.3 Å². The fraction of sp³-hybridized carbons (Fsp3) is 0.150. The molecule has 1 aromatic heterocycles. The zero-order chi connectivity index (χ0) is 17.6. The van der Waals surface area contributed by atoms with Crippen LogP contribution in [0.1, 0.15) is 10.4 Å². The minimum atomic E-state index is -0.114. The highest BCUT2D eigenvalue weighted by Gasteiger charge is 2.18. The molecule has 0 unspecified atom stereocenters. The number of carbonyl (C=O) groups excluding carboxylic acids is 1. The van der Waals surface area contributed by atoms with Gasteiger partial charge in [0.1, 0.15) is 5.75 Å². The van der Waals surface area contributed by atoms with Gasteiger partial charge in [-0.25, -0.2) is 0 Å². The van der Waals surface area contributed by atoms with Crippen molar-refractivity contribution in [1.82, 2.24) is 0 Å². The Morgan fingerprint density at radius 1 is 1.12 bits per heavy atom. The van der Waals surface area contributed by atoms with Gasteiger partial charge >= 0.3 is 0 Å². The first-order chi connectivity index (χ1) is 12.1. The summed E-state index contributed by atoms with van der Waals surface area (Å²) in [6, 6.07) is 19.0. The lowest BCUT2D eigenvalue weighted by Crippen LogP contribution is -2.34. The number of hydrogen-bond acceptors (Lipinski definition) is 3. The molecule has 128 valence electrons. The van der Waals surface area contributed by atoms with Crippen LogP contribution in [0.4, 0.5) is 5.69 Å². The van der Waals surface area contributed by atoms with Crippen LogP contribution in [0.5, 0.6) is 5.75 Å². The summed E-state index contributed by atoms with van der Waals surface area (Å²) in [6.45, 7) is 2.46. The number of thiophene rings is 1. The highest BCUT2D eigenvalue weighted by atomic mass is 35.5. The van der Waals surface area contributed by atoms with Crippen LogP contribution in [0.3, 0.4) is 0 Å². The Balaban J connectivity index is 1.77. The van der Waals surface area contributed by atoms with Crippen molar-refractivity contribution in [3.05, 3.63) is 81.5 Å². The van der Waals surface area contributed by atoms with Crippen LogP contribution in [-0.4, -0.2) is 12.5 Å². The van der Waals surface area contributed by atoms with Crippen LogP contribution in [0.15, 0.2) is 66.0 Å². The van der Waals surface area contributed by atoms with Gasteiger partial charge in [-0.1, -0.05) is 35.9 Å². The molecule has 5 heteroatoms. The minimum absolute atomic E-state index is 0.0264. The van der Waals surface area contributed by atoms with Crippen LogP contribution < -0.4 is 9.64 Å². The molecule has 1 amide bonds. The summed E-state index contributed by atoms with van der Waals surface area (Å²) in [4.78, 5) is 15.6. The molecule has 0 saturated heterocycles. The second-order valence-corrected chi connectivity index (χ2v) is 7.11. The van der Waals surface area contributed by atoms with Crippen molar-refractivity contribution >= 4 is 34.5 Å². The SMILES string of the molecule is Cc1cccc(OCC(=O)N(Cc2cccs2)c2cccc(Cl)c2)c1. The van der Waals surface area contributed by atoms with E-state index in [-0.39, 0.29) is 12.5 Å². The number of anilines is 1. The summed E-state index contributed by atoms with van der Waals surface area (Å²) in [5, 5.41) is 2.60. The molecule has 0 fully saturated rings. The van der Waals surface area contributed by atoms with E-state index in [1.807, 2.05) is 60.8 Å². The molecule has 0 aliphatic rings. The third-order valence-electron chi connectivity index (χ3n) is 3.67. The molecular weight excluding hydrogens is 354 g/mol. The summed E-state index contributed by atoms with van der Waals surface area (Å²) in [5.74, 6) is 0.577. The number of ether oxygens (including phenoxy) is 1. The Kier molecular flexibility index (Phi) is 5.74. The third kappa shape index (κ3) is 4.84. The highest BCUT2D eigenvalue weighted by Crippen LogP contribution is 2.23. The van der Waals surface area contributed by atoms with Gasteiger partial charge in [-0.15, -0.1) is 11.3 Å². The van der Waals surface area contributed by atoms with Crippen LogP contribution in [0.25, 0.3) is 0 Å². The fourth-order valence-corrected chi connectivity index (χ4v) is 3.33. The first-order valence-corrected chi connectivity index (χ1v) is 9.15. The Hall–Kier alpha value is -2.30. The number of carbonyl (C=O) groups is 1. The summed E-state index contributed by atoms with van der Waals surface area (Å²) in [6.07, 6.45) is 0. The molecule has 0 N–H and O–H groups in total. The molecule has 0 saturated carbocycles. The Morgan fingerprint density at radius 2 is 1.96 bits per heavy atom. The predicted molar refractivity (Wildman–Crippen MR) is 104 cm³/mol.